The van der Waals surface area contributed by atoms with Crippen molar-refractivity contribution >= 4 is 15.8 Å². The van der Waals surface area contributed by atoms with Gasteiger partial charge in [-0.05, 0) is 53.6 Å². The highest BCUT2D eigenvalue weighted by Gasteiger charge is 2.45. The van der Waals surface area contributed by atoms with Gasteiger partial charge in [0.25, 0.3) is 0 Å². The van der Waals surface area contributed by atoms with E-state index in [4.69, 9.17) is 9.52 Å². The summed E-state index contributed by atoms with van der Waals surface area (Å²) in [5.41, 5.74) is -0.766. The number of carboxylic acids is 1. The Bertz CT molecular complexity index is 2250. The number of sulfone groups is 1. The third kappa shape index (κ3) is 5.64. The number of oxazole rings is 1. The monoisotopic (exact) mass is 691 g/mol. The van der Waals surface area contributed by atoms with Crippen LogP contribution < -0.4 is 9.47 Å². The third-order valence-corrected chi connectivity index (χ3v) is 8.63. The number of nitrogens with zero attached hydrogens (tertiary/aromatic N) is 3. The molecule has 0 fully saturated rings. The number of hydrogen-bond donors (Lipinski definition) is 2. The minimum absolute atomic E-state index is 0.0172. The van der Waals surface area contributed by atoms with Crippen LogP contribution in [-0.2, 0) is 34.2 Å². The molecule has 11 nitrogen and oxygen atoms in total. The summed E-state index contributed by atoms with van der Waals surface area (Å²) in [5.74, 6) is -8.30. The number of carboxylic acid groups (broad SMARTS) is 1. The van der Waals surface area contributed by atoms with Crippen molar-refractivity contribution in [2.24, 2.45) is 7.05 Å². The van der Waals surface area contributed by atoms with Crippen molar-refractivity contribution in [1.82, 2.24) is 14.8 Å². The number of halogens is 5. The molecule has 0 atom stereocenters. The molecule has 5 aromatic rings. The van der Waals surface area contributed by atoms with Crippen molar-refractivity contribution in [3.05, 3.63) is 77.6 Å². The molecular formula is C31H22F5N3O8S. The van der Waals surface area contributed by atoms with Gasteiger partial charge < -0.3 is 24.1 Å². The Kier molecular flexibility index (Phi) is 7.59. The number of aromatic nitrogens is 3. The molecular weight excluding hydrogens is 669 g/mol. The van der Waals surface area contributed by atoms with Crippen LogP contribution in [0.3, 0.4) is 0 Å². The lowest BCUT2D eigenvalue weighted by atomic mass is 9.93. The molecule has 2 N–H and O–H groups in total. The van der Waals surface area contributed by atoms with E-state index in [2.05, 4.69) is 19.6 Å². The van der Waals surface area contributed by atoms with E-state index in [1.807, 2.05) is 0 Å². The normalized spacial score (nSPS) is 14.0. The number of aryl methyl sites for hydroxylation is 2. The van der Waals surface area contributed by atoms with E-state index in [1.54, 1.807) is 0 Å². The minimum atomic E-state index is -4.35. The summed E-state index contributed by atoms with van der Waals surface area (Å²) in [5, 5.41) is 22.4. The predicted octanol–water partition coefficient (Wildman–Crippen LogP) is 5.92. The molecule has 3 heterocycles. The number of rotatable bonds is 8. The zero-order chi connectivity index (χ0) is 34.9. The third-order valence-electron chi connectivity index (χ3n) is 7.46. The maximum absolute atomic E-state index is 15.1. The van der Waals surface area contributed by atoms with Crippen LogP contribution in [0.15, 0.2) is 63.9 Å². The highest BCUT2D eigenvalue weighted by molar-refractivity contribution is 7.90. The fraction of sp³-hybridized carbons (Fsp3) is 0.194. The maximum Gasteiger partial charge on any atom is 0.586 e. The molecule has 0 aliphatic carbocycles. The molecule has 250 valence electrons. The molecule has 3 aromatic carbocycles. The van der Waals surface area contributed by atoms with Gasteiger partial charge in [-0.1, -0.05) is 12.1 Å². The summed E-state index contributed by atoms with van der Waals surface area (Å²) in [6.45, 7) is 0.583. The Morgan fingerprint density at radius 3 is 2.33 bits per heavy atom. The zero-order valence-electron chi connectivity index (χ0n) is 24.9. The number of aliphatic carboxylic acids is 1. The summed E-state index contributed by atoms with van der Waals surface area (Å²) < 4.78 is 113. The van der Waals surface area contributed by atoms with Crippen molar-refractivity contribution in [1.29, 1.82) is 0 Å². The van der Waals surface area contributed by atoms with E-state index >= 15 is 4.39 Å². The van der Waals surface area contributed by atoms with Crippen LogP contribution >= 0.6 is 0 Å². The quantitative estimate of drug-likeness (QED) is 0.188. The summed E-state index contributed by atoms with van der Waals surface area (Å²) in [6.07, 6.45) is -3.07. The molecule has 1 aliphatic rings. The molecule has 0 saturated carbocycles. The fourth-order valence-corrected chi connectivity index (χ4v) is 6.23. The average Bonchev–Trinajstić information content (AvgIpc) is 3.68. The number of aliphatic hydroxyl groups is 1. The number of carbonyl (C=O) groups is 1. The smallest absolute Gasteiger partial charge is 0.476 e. The van der Waals surface area contributed by atoms with Crippen molar-refractivity contribution in [2.45, 2.75) is 30.6 Å². The summed E-state index contributed by atoms with van der Waals surface area (Å²) in [7, 11) is -2.73. The van der Waals surface area contributed by atoms with Crippen LogP contribution in [0.5, 0.6) is 11.5 Å². The number of aliphatic hydroxyl groups excluding tert-OH is 1. The van der Waals surface area contributed by atoms with Crippen molar-refractivity contribution in [3.8, 4) is 56.5 Å². The fourth-order valence-electron chi connectivity index (χ4n) is 5.28. The zero-order valence-corrected chi connectivity index (χ0v) is 25.7. The second-order valence-electron chi connectivity index (χ2n) is 10.8. The summed E-state index contributed by atoms with van der Waals surface area (Å²) >= 11 is 0. The summed E-state index contributed by atoms with van der Waals surface area (Å²) in [4.78, 5) is 15.2. The largest absolute Gasteiger partial charge is 0.586 e. The number of hydrogen-bond acceptors (Lipinski definition) is 9. The average molecular weight is 692 g/mol. The first kappa shape index (κ1) is 32.6. The van der Waals surface area contributed by atoms with Crippen molar-refractivity contribution in [3.63, 3.8) is 0 Å². The van der Waals surface area contributed by atoms with Crippen LogP contribution in [-0.4, -0.2) is 51.9 Å². The van der Waals surface area contributed by atoms with E-state index in [-0.39, 0.29) is 62.4 Å². The second-order valence-corrected chi connectivity index (χ2v) is 12.8. The molecule has 0 spiro atoms. The van der Waals surface area contributed by atoms with Crippen LogP contribution in [0, 0.1) is 12.7 Å². The van der Waals surface area contributed by atoms with Gasteiger partial charge in [-0.3, -0.25) is 4.68 Å². The lowest BCUT2D eigenvalue weighted by Gasteiger charge is -2.14. The molecule has 48 heavy (non-hydrogen) atoms. The number of alkyl halides is 4. The van der Waals surface area contributed by atoms with E-state index < -0.39 is 56.6 Å². The molecule has 17 heteroatoms. The van der Waals surface area contributed by atoms with E-state index in [1.165, 1.54) is 50.4 Å². The Morgan fingerprint density at radius 1 is 0.979 bits per heavy atom. The van der Waals surface area contributed by atoms with Gasteiger partial charge in [-0.25, -0.2) is 22.6 Å². The molecule has 0 saturated heterocycles. The Morgan fingerprint density at radius 2 is 1.67 bits per heavy atom. The van der Waals surface area contributed by atoms with Crippen LogP contribution in [0.4, 0.5) is 22.0 Å². The highest BCUT2D eigenvalue weighted by atomic mass is 32.2. The Labute approximate surface area is 267 Å². The van der Waals surface area contributed by atoms with Gasteiger partial charge in [-0.2, -0.15) is 13.9 Å². The molecule has 1 aliphatic heterocycles. The predicted molar refractivity (Wildman–Crippen MR) is 156 cm³/mol. The lowest BCUT2D eigenvalue weighted by Crippen LogP contribution is -2.26. The van der Waals surface area contributed by atoms with E-state index in [0.717, 1.165) is 29.1 Å². The van der Waals surface area contributed by atoms with Gasteiger partial charge in [0.1, 0.15) is 17.2 Å². The Hall–Kier alpha value is -5.29. The number of benzene rings is 3. The van der Waals surface area contributed by atoms with Gasteiger partial charge in [0, 0.05) is 42.5 Å². The maximum atomic E-state index is 15.1. The first-order chi connectivity index (χ1) is 22.4. The minimum Gasteiger partial charge on any atom is -0.476 e. The van der Waals surface area contributed by atoms with E-state index in [0.29, 0.717) is 0 Å². The lowest BCUT2D eigenvalue weighted by molar-refractivity contribution is -0.286. The first-order valence-electron chi connectivity index (χ1n) is 13.7. The van der Waals surface area contributed by atoms with Gasteiger partial charge >= 0.3 is 18.2 Å². The van der Waals surface area contributed by atoms with Crippen LogP contribution in [0.2, 0.25) is 0 Å². The van der Waals surface area contributed by atoms with Gasteiger partial charge in [0.2, 0.25) is 0 Å². The highest BCUT2D eigenvalue weighted by Crippen LogP contribution is 2.46. The molecule has 0 radical (unpaired) electrons. The standard InChI is InChI=1S/C31H22F5N3O8S/c1-14-37-27(16-5-7-23-24(10-16)47-31(35,36)46-23)28(45-14)19-8-15(17-9-21(32)20(13-40)25(11-17)48(3,43)44)4-6-18(19)22-12-26(38-39(22)2)30(33,34)29(41)42/h4-12,40H,13H2,1-3H3,(H,41,42). The number of ether oxygens (including phenoxy) is 2. The van der Waals surface area contributed by atoms with Gasteiger partial charge in [-0.15, -0.1) is 8.78 Å². The van der Waals surface area contributed by atoms with Crippen molar-refractivity contribution in [2.75, 3.05) is 6.26 Å². The molecule has 2 aromatic heterocycles. The summed E-state index contributed by atoms with van der Waals surface area (Å²) in [6, 6.07) is 11.1. The number of fused-ring (bicyclic) bond motifs is 1. The molecule has 0 bridgehead atoms. The van der Waals surface area contributed by atoms with Crippen molar-refractivity contribution < 1.29 is 59.3 Å². The van der Waals surface area contributed by atoms with Gasteiger partial charge in [0.15, 0.2) is 33.0 Å². The van der Waals surface area contributed by atoms with Crippen LogP contribution in [0.25, 0.3) is 45.0 Å². The first-order valence-corrected chi connectivity index (χ1v) is 15.6. The molecule has 0 unspecified atom stereocenters. The Balaban J connectivity index is 1.60. The SMILES string of the molecule is Cc1nc(-c2ccc3c(c2)OC(F)(F)O3)c(-c2cc(-c3cc(F)c(CO)c(S(C)(=O)=O)c3)ccc2-c2cc(C(F)(F)C(=O)O)nn2C)o1. The van der Waals surface area contributed by atoms with E-state index in [9.17, 15) is 35.9 Å². The second kappa shape index (κ2) is 11.2. The van der Waals surface area contributed by atoms with Crippen LogP contribution in [0.1, 0.15) is 17.1 Å². The molecule has 6 rings (SSSR count). The topological polar surface area (TPSA) is 154 Å². The van der Waals surface area contributed by atoms with Gasteiger partial charge in [0.05, 0.1) is 17.2 Å². The molecule has 0 amide bonds.